The van der Waals surface area contributed by atoms with Crippen molar-refractivity contribution >= 4 is 28.9 Å². The van der Waals surface area contributed by atoms with E-state index in [1.54, 1.807) is 0 Å². The molecule has 0 fully saturated rings. The highest BCUT2D eigenvalue weighted by Gasteiger charge is 2.64. The lowest BCUT2D eigenvalue weighted by molar-refractivity contribution is -0.116. The standard InChI is InChI=1S/C17H15ClN2O6/c1-7-14(20-19)8(21)5-11(25-4)17(7)16(22)12-9(23-2)6-10(24-3)13(18)15(12)26-17/h5-7H,1-4H3/t7-,17+/m1/s1. The van der Waals surface area contributed by atoms with Gasteiger partial charge >= 0.3 is 5.71 Å². The Morgan fingerprint density at radius 2 is 1.85 bits per heavy atom. The zero-order valence-electron chi connectivity index (χ0n) is 14.5. The van der Waals surface area contributed by atoms with E-state index in [1.807, 2.05) is 0 Å². The lowest BCUT2D eigenvalue weighted by atomic mass is 9.74. The first kappa shape index (κ1) is 18.0. The number of benzene rings is 1. The summed E-state index contributed by atoms with van der Waals surface area (Å²) < 4.78 is 21.7. The number of fused-ring (bicyclic) bond motifs is 1. The average molecular weight is 379 g/mol. The van der Waals surface area contributed by atoms with Gasteiger partial charge in [0.15, 0.2) is 11.5 Å². The first-order valence-electron chi connectivity index (χ1n) is 7.58. The maximum Gasteiger partial charge on any atom is 0.346 e. The summed E-state index contributed by atoms with van der Waals surface area (Å²) in [4.78, 5) is 28.5. The minimum atomic E-state index is -1.74. The molecule has 1 heterocycles. The molecule has 0 N–H and O–H groups in total. The fraction of sp³-hybridized carbons (Fsp3) is 0.353. The number of hydrogen-bond donors (Lipinski definition) is 0. The van der Waals surface area contributed by atoms with Crippen LogP contribution >= 0.6 is 11.6 Å². The van der Waals surface area contributed by atoms with E-state index in [9.17, 15) is 15.1 Å². The van der Waals surface area contributed by atoms with Crippen LogP contribution in [0, 0.1) is 5.92 Å². The Balaban J connectivity index is 2.32. The summed E-state index contributed by atoms with van der Waals surface area (Å²) in [5.41, 5.74) is 7.36. The molecule has 0 saturated heterocycles. The third kappa shape index (κ3) is 2.09. The van der Waals surface area contributed by atoms with Crippen LogP contribution in [-0.4, -0.2) is 49.0 Å². The predicted octanol–water partition coefficient (Wildman–Crippen LogP) is 2.09. The number of Topliss-reactive ketones (excluding diaryl/α,β-unsaturated/α-hetero) is 1. The number of carbonyl (C=O) groups is 2. The molecule has 0 amide bonds. The van der Waals surface area contributed by atoms with Crippen LogP contribution in [0.4, 0.5) is 0 Å². The van der Waals surface area contributed by atoms with Crippen LogP contribution in [-0.2, 0) is 9.53 Å². The van der Waals surface area contributed by atoms with Crippen LogP contribution in [0.1, 0.15) is 17.3 Å². The van der Waals surface area contributed by atoms with Crippen LogP contribution in [0.25, 0.3) is 5.53 Å². The Morgan fingerprint density at radius 1 is 1.19 bits per heavy atom. The van der Waals surface area contributed by atoms with E-state index in [0.29, 0.717) is 0 Å². The molecule has 9 heteroatoms. The van der Waals surface area contributed by atoms with Crippen molar-refractivity contribution in [2.45, 2.75) is 12.5 Å². The third-order valence-electron chi connectivity index (χ3n) is 4.65. The fourth-order valence-electron chi connectivity index (χ4n) is 3.31. The van der Waals surface area contributed by atoms with Gasteiger partial charge in [0.05, 0.1) is 21.3 Å². The van der Waals surface area contributed by atoms with Crippen molar-refractivity contribution in [3.63, 3.8) is 0 Å². The quantitative estimate of drug-likeness (QED) is 0.588. The number of ether oxygens (including phenoxy) is 4. The molecule has 136 valence electrons. The highest BCUT2D eigenvalue weighted by Crippen LogP contribution is 2.53. The van der Waals surface area contributed by atoms with Gasteiger partial charge in [0.1, 0.15) is 28.0 Å². The number of methoxy groups -OCH3 is 3. The van der Waals surface area contributed by atoms with E-state index < -0.39 is 23.1 Å². The van der Waals surface area contributed by atoms with E-state index in [4.69, 9.17) is 30.5 Å². The van der Waals surface area contributed by atoms with Gasteiger partial charge in [-0.05, 0) is 6.92 Å². The smallest absolute Gasteiger partial charge is 0.346 e. The molecule has 1 spiro atoms. The van der Waals surface area contributed by atoms with Crippen LogP contribution < -0.4 is 14.2 Å². The summed E-state index contributed by atoms with van der Waals surface area (Å²) in [7, 11) is 4.12. The predicted molar refractivity (Wildman–Crippen MR) is 90.1 cm³/mol. The van der Waals surface area contributed by atoms with Crippen LogP contribution in [0.2, 0.25) is 5.02 Å². The van der Waals surface area contributed by atoms with E-state index in [2.05, 4.69) is 4.79 Å². The second kappa shape index (κ2) is 6.16. The van der Waals surface area contributed by atoms with Crippen molar-refractivity contribution in [1.29, 1.82) is 0 Å². The molecule has 0 aromatic heterocycles. The van der Waals surface area contributed by atoms with E-state index in [0.717, 1.165) is 6.08 Å². The van der Waals surface area contributed by atoms with E-state index in [-0.39, 0.29) is 39.3 Å². The number of hydrogen-bond acceptors (Lipinski definition) is 6. The second-order valence-corrected chi connectivity index (χ2v) is 6.13. The Bertz CT molecular complexity index is 918. The molecule has 26 heavy (non-hydrogen) atoms. The zero-order valence-corrected chi connectivity index (χ0v) is 15.2. The van der Waals surface area contributed by atoms with Crippen molar-refractivity contribution in [3.8, 4) is 17.2 Å². The van der Waals surface area contributed by atoms with Gasteiger partial charge in [-0.3, -0.25) is 9.59 Å². The van der Waals surface area contributed by atoms with Gasteiger partial charge in [-0.15, -0.1) is 0 Å². The Hall–Kier alpha value is -2.83. The summed E-state index contributed by atoms with van der Waals surface area (Å²) in [5.74, 6) is -1.55. The maximum atomic E-state index is 13.4. The zero-order chi connectivity index (χ0) is 19.2. The summed E-state index contributed by atoms with van der Waals surface area (Å²) in [5, 5.41) is 0.0792. The lowest BCUT2D eigenvalue weighted by Gasteiger charge is -2.33. The van der Waals surface area contributed by atoms with Gasteiger partial charge in [-0.25, -0.2) is 0 Å². The third-order valence-corrected chi connectivity index (χ3v) is 5.00. The maximum absolute atomic E-state index is 13.4. The highest BCUT2D eigenvalue weighted by atomic mass is 35.5. The summed E-state index contributed by atoms with van der Waals surface area (Å²) in [6, 6.07) is 1.47. The van der Waals surface area contributed by atoms with Gasteiger partial charge in [0.2, 0.25) is 11.4 Å². The molecule has 1 aliphatic carbocycles. The van der Waals surface area contributed by atoms with Crippen molar-refractivity contribution in [1.82, 2.24) is 0 Å². The first-order valence-corrected chi connectivity index (χ1v) is 7.95. The minimum Gasteiger partial charge on any atom is -0.496 e. The normalized spacial score (nSPS) is 24.0. The first-order chi connectivity index (χ1) is 12.4. The van der Waals surface area contributed by atoms with Gasteiger partial charge in [0.25, 0.3) is 5.78 Å². The van der Waals surface area contributed by atoms with Crippen LogP contribution in [0.3, 0.4) is 0 Å². The largest absolute Gasteiger partial charge is 0.496 e. The molecule has 1 aromatic rings. The second-order valence-electron chi connectivity index (χ2n) is 5.75. The van der Waals surface area contributed by atoms with Gasteiger partial charge in [-0.2, -0.15) is 4.79 Å². The number of allylic oxidation sites excluding steroid dienone is 1. The molecule has 8 nitrogen and oxygen atoms in total. The summed E-state index contributed by atoms with van der Waals surface area (Å²) in [6.07, 6.45) is 1.07. The average Bonchev–Trinajstić information content (AvgIpc) is 2.94. The monoisotopic (exact) mass is 378 g/mol. The molecule has 3 rings (SSSR count). The molecule has 2 atom stereocenters. The van der Waals surface area contributed by atoms with Gasteiger partial charge in [-0.1, -0.05) is 11.6 Å². The van der Waals surface area contributed by atoms with Crippen molar-refractivity contribution < 1.29 is 33.3 Å². The van der Waals surface area contributed by atoms with E-state index >= 15 is 0 Å². The molecule has 0 saturated carbocycles. The van der Waals surface area contributed by atoms with Gasteiger partial charge in [0, 0.05) is 12.1 Å². The molecule has 0 unspecified atom stereocenters. The summed E-state index contributed by atoms with van der Waals surface area (Å²) in [6.45, 7) is 1.53. The lowest BCUT2D eigenvalue weighted by Crippen LogP contribution is -2.55. The minimum absolute atomic E-state index is 0.0133. The number of carbonyl (C=O) groups excluding carboxylic acids is 2. The Labute approximate surface area is 153 Å². The number of nitrogens with zero attached hydrogens (tertiary/aromatic N) is 2. The number of ketones is 2. The molecule has 1 aromatic carbocycles. The number of halogens is 1. The molecule has 0 bridgehead atoms. The molecule has 0 radical (unpaired) electrons. The van der Waals surface area contributed by atoms with Crippen molar-refractivity contribution in [2.24, 2.45) is 5.92 Å². The molecule has 2 aliphatic rings. The topological polar surface area (TPSA) is 107 Å². The Morgan fingerprint density at radius 3 is 2.38 bits per heavy atom. The van der Waals surface area contributed by atoms with Crippen molar-refractivity contribution in [3.05, 3.63) is 34.0 Å². The van der Waals surface area contributed by atoms with Crippen LogP contribution in [0.5, 0.6) is 17.2 Å². The molecule has 1 aliphatic heterocycles. The van der Waals surface area contributed by atoms with Crippen molar-refractivity contribution in [2.75, 3.05) is 21.3 Å². The number of rotatable bonds is 3. The Kier molecular flexibility index (Phi) is 4.26. The fourth-order valence-corrected chi connectivity index (χ4v) is 3.58. The molecular weight excluding hydrogens is 364 g/mol. The SMILES string of the molecule is COC1=CC(=O)C(=[N+]=[N-])[C@@H](C)[C@]12Oc1c(Cl)c(OC)cc(OC)c1C2=O. The summed E-state index contributed by atoms with van der Waals surface area (Å²) >= 11 is 6.32. The van der Waals surface area contributed by atoms with E-state index in [1.165, 1.54) is 34.3 Å². The van der Waals surface area contributed by atoms with Crippen LogP contribution in [0.15, 0.2) is 17.9 Å². The molecular formula is C17H15ClN2O6. The van der Waals surface area contributed by atoms with Gasteiger partial charge < -0.3 is 24.5 Å². The highest BCUT2D eigenvalue weighted by molar-refractivity contribution is 6.45.